The third-order valence-corrected chi connectivity index (χ3v) is 3.18. The second kappa shape index (κ2) is 4.21. The first-order valence-corrected chi connectivity index (χ1v) is 5.36. The molecule has 6 nitrogen and oxygen atoms in total. The van der Waals surface area contributed by atoms with Gasteiger partial charge in [0.05, 0.1) is 12.5 Å². The van der Waals surface area contributed by atoms with Crippen LogP contribution in [-0.2, 0) is 18.4 Å². The Balaban J connectivity index is 1.99. The van der Waals surface area contributed by atoms with Crippen molar-refractivity contribution >= 4 is 5.97 Å². The van der Waals surface area contributed by atoms with E-state index in [4.69, 9.17) is 5.11 Å². The zero-order chi connectivity index (χ0) is 11.7. The molecule has 2 atom stereocenters. The molecule has 2 rings (SSSR count). The fourth-order valence-corrected chi connectivity index (χ4v) is 2.18. The topological polar surface area (TPSA) is 71.2 Å². The van der Waals surface area contributed by atoms with Crippen LogP contribution in [0.2, 0.25) is 0 Å². The van der Waals surface area contributed by atoms with Gasteiger partial charge in [0.2, 0.25) is 0 Å². The van der Waals surface area contributed by atoms with Gasteiger partial charge in [0, 0.05) is 20.1 Å². The largest absolute Gasteiger partial charge is 0.481 e. The van der Waals surface area contributed by atoms with E-state index in [1.165, 1.54) is 6.33 Å². The van der Waals surface area contributed by atoms with Gasteiger partial charge >= 0.3 is 5.97 Å². The lowest BCUT2D eigenvalue weighted by Crippen LogP contribution is -2.24. The van der Waals surface area contributed by atoms with Crippen molar-refractivity contribution in [3.05, 3.63) is 12.2 Å². The maximum absolute atomic E-state index is 11.0. The predicted molar refractivity (Wildman–Crippen MR) is 56.6 cm³/mol. The summed E-state index contributed by atoms with van der Waals surface area (Å²) in [4.78, 5) is 17.2. The highest BCUT2D eigenvalue weighted by molar-refractivity contribution is 5.71. The van der Waals surface area contributed by atoms with Crippen LogP contribution in [-0.4, -0.2) is 43.8 Å². The van der Waals surface area contributed by atoms with Crippen LogP contribution in [0.25, 0.3) is 0 Å². The van der Waals surface area contributed by atoms with Crippen molar-refractivity contribution in [2.24, 2.45) is 18.9 Å². The van der Waals surface area contributed by atoms with Crippen molar-refractivity contribution in [1.82, 2.24) is 19.7 Å². The van der Waals surface area contributed by atoms with E-state index in [-0.39, 0.29) is 11.8 Å². The van der Waals surface area contributed by atoms with Crippen molar-refractivity contribution < 1.29 is 9.90 Å². The molecule has 0 aliphatic carbocycles. The molecule has 0 spiro atoms. The maximum atomic E-state index is 11.0. The molecular weight excluding hydrogens is 208 g/mol. The standard InChI is InChI=1S/C10H16N4O2/c1-7-3-14(4-8(7)10(15)16)5-9-11-6-12-13(9)2/h6-8H,3-5H2,1-2H3,(H,15,16). The molecule has 1 aliphatic rings. The first-order valence-electron chi connectivity index (χ1n) is 5.36. The van der Waals surface area contributed by atoms with E-state index in [1.54, 1.807) is 4.68 Å². The molecule has 1 saturated heterocycles. The van der Waals surface area contributed by atoms with E-state index in [0.717, 1.165) is 12.4 Å². The molecule has 0 bridgehead atoms. The van der Waals surface area contributed by atoms with Gasteiger partial charge in [-0.05, 0) is 5.92 Å². The quantitative estimate of drug-likeness (QED) is 0.780. The lowest BCUT2D eigenvalue weighted by molar-refractivity contribution is -0.142. The van der Waals surface area contributed by atoms with E-state index in [9.17, 15) is 4.79 Å². The number of likely N-dealkylation sites (tertiary alicyclic amines) is 1. The summed E-state index contributed by atoms with van der Waals surface area (Å²) in [6, 6.07) is 0. The van der Waals surface area contributed by atoms with E-state index in [2.05, 4.69) is 15.0 Å². The number of carbonyl (C=O) groups is 1. The maximum Gasteiger partial charge on any atom is 0.308 e. The van der Waals surface area contributed by atoms with Gasteiger partial charge < -0.3 is 5.11 Å². The van der Waals surface area contributed by atoms with Crippen LogP contribution < -0.4 is 0 Å². The SMILES string of the molecule is CC1CN(Cc2ncnn2C)CC1C(=O)O. The molecule has 2 heterocycles. The van der Waals surface area contributed by atoms with Crippen LogP contribution in [0, 0.1) is 11.8 Å². The Labute approximate surface area is 93.9 Å². The normalized spacial score (nSPS) is 26.1. The Bertz CT molecular complexity index is 390. The Hall–Kier alpha value is -1.43. The van der Waals surface area contributed by atoms with Gasteiger partial charge in [-0.15, -0.1) is 0 Å². The van der Waals surface area contributed by atoms with Crippen LogP contribution in [0.4, 0.5) is 0 Å². The predicted octanol–water partition coefficient (Wildman–Crippen LogP) is -0.0324. The zero-order valence-corrected chi connectivity index (χ0v) is 9.50. The molecule has 1 aromatic rings. The number of aryl methyl sites for hydroxylation is 1. The highest BCUT2D eigenvalue weighted by Crippen LogP contribution is 2.24. The number of hydrogen-bond donors (Lipinski definition) is 1. The molecule has 1 aromatic heterocycles. The van der Waals surface area contributed by atoms with Crippen molar-refractivity contribution in [3.8, 4) is 0 Å². The Morgan fingerprint density at radius 3 is 2.88 bits per heavy atom. The first kappa shape index (κ1) is 11.1. The Morgan fingerprint density at radius 1 is 1.62 bits per heavy atom. The van der Waals surface area contributed by atoms with Crippen molar-refractivity contribution in [3.63, 3.8) is 0 Å². The summed E-state index contributed by atoms with van der Waals surface area (Å²) in [7, 11) is 1.84. The van der Waals surface area contributed by atoms with E-state index in [1.807, 2.05) is 14.0 Å². The molecule has 16 heavy (non-hydrogen) atoms. The summed E-state index contributed by atoms with van der Waals surface area (Å²) in [5.41, 5.74) is 0. The molecule has 0 radical (unpaired) electrons. The second-order valence-electron chi connectivity index (χ2n) is 4.42. The fraction of sp³-hybridized carbons (Fsp3) is 0.700. The van der Waals surface area contributed by atoms with Gasteiger partial charge in [-0.25, -0.2) is 4.98 Å². The summed E-state index contributed by atoms with van der Waals surface area (Å²) in [5.74, 6) is 0.116. The van der Waals surface area contributed by atoms with Gasteiger partial charge in [0.25, 0.3) is 0 Å². The van der Waals surface area contributed by atoms with E-state index < -0.39 is 5.97 Å². The van der Waals surface area contributed by atoms with Gasteiger partial charge in [-0.2, -0.15) is 5.10 Å². The summed E-state index contributed by atoms with van der Waals surface area (Å²) in [6.45, 7) is 4.06. The smallest absolute Gasteiger partial charge is 0.308 e. The highest BCUT2D eigenvalue weighted by atomic mass is 16.4. The lowest BCUT2D eigenvalue weighted by atomic mass is 9.99. The van der Waals surface area contributed by atoms with Gasteiger partial charge in [0.1, 0.15) is 12.2 Å². The van der Waals surface area contributed by atoms with Crippen molar-refractivity contribution in [2.75, 3.05) is 13.1 Å². The molecule has 1 fully saturated rings. The number of rotatable bonds is 3. The summed E-state index contributed by atoms with van der Waals surface area (Å²) in [6.07, 6.45) is 1.52. The number of hydrogen-bond acceptors (Lipinski definition) is 4. The number of carboxylic acid groups (broad SMARTS) is 1. The van der Waals surface area contributed by atoms with Gasteiger partial charge in [-0.1, -0.05) is 6.92 Å². The zero-order valence-electron chi connectivity index (χ0n) is 9.50. The molecule has 2 unspecified atom stereocenters. The minimum atomic E-state index is -0.701. The first-order chi connectivity index (χ1) is 7.58. The van der Waals surface area contributed by atoms with Gasteiger partial charge in [-0.3, -0.25) is 14.4 Å². The minimum Gasteiger partial charge on any atom is -0.481 e. The molecular formula is C10H16N4O2. The highest BCUT2D eigenvalue weighted by Gasteiger charge is 2.34. The van der Waals surface area contributed by atoms with E-state index >= 15 is 0 Å². The Kier molecular flexibility index (Phi) is 2.91. The van der Waals surface area contributed by atoms with Crippen LogP contribution in [0.15, 0.2) is 6.33 Å². The monoisotopic (exact) mass is 224 g/mol. The average molecular weight is 224 g/mol. The third-order valence-electron chi connectivity index (χ3n) is 3.18. The minimum absolute atomic E-state index is 0.200. The summed E-state index contributed by atoms with van der Waals surface area (Å²) >= 11 is 0. The summed E-state index contributed by atoms with van der Waals surface area (Å²) < 4.78 is 1.72. The van der Waals surface area contributed by atoms with Crippen molar-refractivity contribution in [2.45, 2.75) is 13.5 Å². The molecule has 0 amide bonds. The molecule has 1 aliphatic heterocycles. The molecule has 88 valence electrons. The van der Waals surface area contributed by atoms with Crippen molar-refractivity contribution in [1.29, 1.82) is 0 Å². The number of carboxylic acids is 1. The van der Waals surface area contributed by atoms with Gasteiger partial charge in [0.15, 0.2) is 0 Å². The number of nitrogens with zero attached hydrogens (tertiary/aromatic N) is 4. The Morgan fingerprint density at radius 2 is 2.38 bits per heavy atom. The average Bonchev–Trinajstić information content (AvgIpc) is 2.75. The van der Waals surface area contributed by atoms with E-state index in [0.29, 0.717) is 13.1 Å². The number of aromatic nitrogens is 3. The van der Waals surface area contributed by atoms with Crippen LogP contribution >= 0.6 is 0 Å². The lowest BCUT2D eigenvalue weighted by Gasteiger charge is -2.13. The van der Waals surface area contributed by atoms with Crippen LogP contribution in [0.3, 0.4) is 0 Å². The number of aliphatic carboxylic acids is 1. The second-order valence-corrected chi connectivity index (χ2v) is 4.42. The fourth-order valence-electron chi connectivity index (χ4n) is 2.18. The summed E-state index contributed by atoms with van der Waals surface area (Å²) in [5, 5.41) is 13.0. The third kappa shape index (κ3) is 2.06. The van der Waals surface area contributed by atoms with Crippen LogP contribution in [0.5, 0.6) is 0 Å². The van der Waals surface area contributed by atoms with Crippen LogP contribution in [0.1, 0.15) is 12.7 Å². The molecule has 0 aromatic carbocycles. The molecule has 0 saturated carbocycles. The molecule has 6 heteroatoms. The molecule has 1 N–H and O–H groups in total.